The van der Waals surface area contributed by atoms with Crippen LogP contribution in [-0.2, 0) is 0 Å². The van der Waals surface area contributed by atoms with Crippen molar-refractivity contribution in [3.8, 4) is 22.3 Å². The molecule has 0 aromatic heterocycles. The molecule has 5 heteroatoms. The molecule has 0 radical (unpaired) electrons. The Balaban J connectivity index is 2.11. The summed E-state index contributed by atoms with van der Waals surface area (Å²) in [5, 5.41) is 3.67. The second kappa shape index (κ2) is 7.75. The molecule has 3 atom stereocenters. The highest BCUT2D eigenvalue weighted by atomic mass is 127. The largest absolute Gasteiger partial charge is 0.105 e. The monoisotopic (exact) mass is 578 g/mol. The standard InChI is InChI=1S/C18H15I2P3/c19-14-6-12(10-1-3-16(21)15(20)8-10)5-13(7-14)11-2-4-17(22)18(23)9-11/h1-9H,21-23H2. The maximum absolute atomic E-state index is 2.80. The van der Waals surface area contributed by atoms with Crippen LogP contribution in [0.4, 0.5) is 0 Å². The minimum absolute atomic E-state index is 1.22. The van der Waals surface area contributed by atoms with Crippen LogP contribution in [0.3, 0.4) is 0 Å². The Hall–Kier alpha value is 0.410. The molecule has 3 aromatic carbocycles. The van der Waals surface area contributed by atoms with Crippen molar-refractivity contribution in [1.29, 1.82) is 0 Å². The van der Waals surface area contributed by atoms with E-state index in [1.807, 2.05) is 0 Å². The van der Waals surface area contributed by atoms with Crippen molar-refractivity contribution in [2.45, 2.75) is 0 Å². The molecule has 3 rings (SSSR count). The van der Waals surface area contributed by atoms with Crippen molar-refractivity contribution in [2.75, 3.05) is 0 Å². The van der Waals surface area contributed by atoms with E-state index in [2.05, 4.69) is 127 Å². The van der Waals surface area contributed by atoms with E-state index in [-0.39, 0.29) is 0 Å². The third kappa shape index (κ3) is 4.33. The van der Waals surface area contributed by atoms with Crippen LogP contribution in [0.25, 0.3) is 22.3 Å². The predicted octanol–water partition coefficient (Wildman–Crippen LogP) is 4.73. The smallest absolute Gasteiger partial charge is 0.0208 e. The van der Waals surface area contributed by atoms with E-state index in [0.717, 1.165) is 0 Å². The lowest BCUT2D eigenvalue weighted by atomic mass is 9.99. The van der Waals surface area contributed by atoms with E-state index < -0.39 is 0 Å². The molecule has 23 heavy (non-hydrogen) atoms. The van der Waals surface area contributed by atoms with Crippen LogP contribution in [0.15, 0.2) is 54.6 Å². The van der Waals surface area contributed by atoms with Crippen LogP contribution in [0.5, 0.6) is 0 Å². The maximum atomic E-state index is 2.80. The summed E-state index contributed by atoms with van der Waals surface area (Å²) in [6.45, 7) is 0. The Morgan fingerprint density at radius 2 is 1.09 bits per heavy atom. The molecular formula is C18H15I2P3. The highest BCUT2D eigenvalue weighted by Gasteiger charge is 2.07. The second-order valence-electron chi connectivity index (χ2n) is 5.31. The average molecular weight is 578 g/mol. The fourth-order valence-electron chi connectivity index (χ4n) is 2.38. The molecule has 116 valence electrons. The average Bonchev–Trinajstić information content (AvgIpc) is 2.52. The summed E-state index contributed by atoms with van der Waals surface area (Å²) in [5.74, 6) is 0. The highest BCUT2D eigenvalue weighted by Crippen LogP contribution is 2.29. The van der Waals surface area contributed by atoms with Gasteiger partial charge in [-0.3, -0.25) is 0 Å². The van der Waals surface area contributed by atoms with Crippen LogP contribution in [0.2, 0.25) is 0 Å². The molecule has 0 aliphatic heterocycles. The van der Waals surface area contributed by atoms with Gasteiger partial charge >= 0.3 is 0 Å². The van der Waals surface area contributed by atoms with Gasteiger partial charge < -0.3 is 0 Å². The van der Waals surface area contributed by atoms with Gasteiger partial charge in [-0.25, -0.2) is 0 Å². The molecule has 3 unspecified atom stereocenters. The molecule has 0 saturated carbocycles. The third-order valence-electron chi connectivity index (χ3n) is 3.65. The van der Waals surface area contributed by atoms with Gasteiger partial charge in [-0.15, -0.1) is 27.7 Å². The predicted molar refractivity (Wildman–Crippen MR) is 131 cm³/mol. The molecule has 0 bridgehead atoms. The summed E-state index contributed by atoms with van der Waals surface area (Å²) < 4.78 is 2.52. The Labute approximate surface area is 171 Å². The molecule has 0 nitrogen and oxygen atoms in total. The number of benzene rings is 3. The molecule has 0 aliphatic carbocycles. The fourth-order valence-corrected chi connectivity index (χ4v) is 4.21. The summed E-state index contributed by atoms with van der Waals surface area (Å²) in [6.07, 6.45) is 0. The summed E-state index contributed by atoms with van der Waals surface area (Å²) in [6, 6.07) is 19.9. The van der Waals surface area contributed by atoms with E-state index in [1.165, 1.54) is 45.3 Å². The maximum Gasteiger partial charge on any atom is 0.0208 e. The van der Waals surface area contributed by atoms with Crippen molar-refractivity contribution >= 4 is 88.8 Å². The normalized spacial score (nSPS) is 10.8. The molecule has 0 fully saturated rings. The third-order valence-corrected chi connectivity index (χ3v) is 7.66. The Bertz CT molecular complexity index is 822. The lowest BCUT2D eigenvalue weighted by Crippen LogP contribution is -2.10. The van der Waals surface area contributed by atoms with Gasteiger partial charge in [0.2, 0.25) is 0 Å². The molecule has 0 amide bonds. The lowest BCUT2D eigenvalue weighted by Gasteiger charge is -2.10. The van der Waals surface area contributed by atoms with E-state index in [9.17, 15) is 0 Å². The first-order valence-corrected chi connectivity index (χ1v) is 10.8. The minimum Gasteiger partial charge on any atom is -0.105 e. The topological polar surface area (TPSA) is 0 Å². The van der Waals surface area contributed by atoms with Crippen molar-refractivity contribution in [3.63, 3.8) is 0 Å². The minimum atomic E-state index is 1.22. The van der Waals surface area contributed by atoms with Gasteiger partial charge in [-0.2, -0.15) is 0 Å². The zero-order valence-corrected chi connectivity index (χ0v) is 20.0. The Kier molecular flexibility index (Phi) is 6.13. The highest BCUT2D eigenvalue weighted by molar-refractivity contribution is 14.1. The van der Waals surface area contributed by atoms with Crippen LogP contribution < -0.4 is 15.9 Å². The van der Waals surface area contributed by atoms with Crippen LogP contribution in [0.1, 0.15) is 0 Å². The number of halogens is 2. The van der Waals surface area contributed by atoms with E-state index in [1.54, 1.807) is 0 Å². The van der Waals surface area contributed by atoms with Gasteiger partial charge in [0.25, 0.3) is 0 Å². The number of rotatable bonds is 2. The number of hydrogen-bond donors (Lipinski definition) is 0. The second-order valence-corrected chi connectivity index (χ2v) is 9.58. The molecular weight excluding hydrogens is 563 g/mol. The van der Waals surface area contributed by atoms with Gasteiger partial charge in [0.05, 0.1) is 0 Å². The van der Waals surface area contributed by atoms with Gasteiger partial charge in [-0.05, 0) is 114 Å². The van der Waals surface area contributed by atoms with Crippen LogP contribution in [-0.4, -0.2) is 0 Å². The van der Waals surface area contributed by atoms with Crippen molar-refractivity contribution in [3.05, 3.63) is 61.7 Å². The van der Waals surface area contributed by atoms with Crippen molar-refractivity contribution in [1.82, 2.24) is 0 Å². The van der Waals surface area contributed by atoms with Crippen LogP contribution in [0, 0.1) is 7.14 Å². The van der Waals surface area contributed by atoms with Gasteiger partial charge in [0, 0.05) is 7.14 Å². The zero-order valence-electron chi connectivity index (χ0n) is 12.2. The van der Waals surface area contributed by atoms with Crippen molar-refractivity contribution < 1.29 is 0 Å². The van der Waals surface area contributed by atoms with Crippen LogP contribution >= 0.6 is 72.9 Å². The van der Waals surface area contributed by atoms with Crippen molar-refractivity contribution in [2.24, 2.45) is 0 Å². The van der Waals surface area contributed by atoms with Gasteiger partial charge in [0.1, 0.15) is 0 Å². The van der Waals surface area contributed by atoms with Gasteiger partial charge in [0.15, 0.2) is 0 Å². The Morgan fingerprint density at radius 1 is 0.522 bits per heavy atom. The Morgan fingerprint density at radius 3 is 1.65 bits per heavy atom. The SMILES string of the molecule is Pc1ccc(-c2cc(I)cc(-c3ccc(P)c(I)c3)c2)cc1P. The zero-order chi connectivity index (χ0) is 16.6. The molecule has 3 aromatic rings. The molecule has 0 saturated heterocycles. The van der Waals surface area contributed by atoms with E-state index in [4.69, 9.17) is 0 Å². The van der Waals surface area contributed by atoms with E-state index in [0.29, 0.717) is 0 Å². The van der Waals surface area contributed by atoms with Gasteiger partial charge in [-0.1, -0.05) is 24.3 Å². The first-order chi connectivity index (χ1) is 10.9. The summed E-state index contributed by atoms with van der Waals surface area (Å²) in [7, 11) is 8.35. The summed E-state index contributed by atoms with van der Waals surface area (Å²) in [5.41, 5.74) is 5.02. The molecule has 0 aliphatic rings. The molecule has 0 N–H and O–H groups in total. The quantitative estimate of drug-likeness (QED) is 0.305. The fraction of sp³-hybridized carbons (Fsp3) is 0. The summed E-state index contributed by atoms with van der Waals surface area (Å²) >= 11 is 4.79. The lowest BCUT2D eigenvalue weighted by molar-refractivity contribution is 1.57. The molecule has 0 heterocycles. The first-order valence-electron chi connectivity index (χ1n) is 6.95. The molecule has 0 spiro atoms. The van der Waals surface area contributed by atoms with E-state index >= 15 is 0 Å². The first kappa shape index (κ1) is 18.2. The number of hydrogen-bond acceptors (Lipinski definition) is 0. The summed E-state index contributed by atoms with van der Waals surface area (Å²) in [4.78, 5) is 0.